The van der Waals surface area contributed by atoms with Crippen LogP contribution in [0.15, 0.2) is 59.8 Å². The summed E-state index contributed by atoms with van der Waals surface area (Å²) in [5.41, 5.74) is 2.37. The molecule has 0 radical (unpaired) electrons. The zero-order valence-corrected chi connectivity index (χ0v) is 15.2. The van der Waals surface area contributed by atoms with Crippen molar-refractivity contribution in [2.75, 3.05) is 17.7 Å². The molecule has 1 amide bonds. The van der Waals surface area contributed by atoms with Crippen molar-refractivity contribution in [2.24, 2.45) is 0 Å². The number of aromatic nitrogens is 2. The molecule has 1 N–H and O–H groups in total. The molecule has 6 nitrogen and oxygen atoms in total. The molecule has 0 fully saturated rings. The van der Waals surface area contributed by atoms with Crippen molar-refractivity contribution in [2.45, 2.75) is 18.6 Å². The van der Waals surface area contributed by atoms with Gasteiger partial charge in [0.1, 0.15) is 6.54 Å². The fraction of sp³-hybridized carbons (Fsp3) is 0.211. The van der Waals surface area contributed by atoms with E-state index in [-0.39, 0.29) is 24.2 Å². The van der Waals surface area contributed by atoms with Crippen LogP contribution in [0.2, 0.25) is 0 Å². The number of amides is 1. The molecule has 0 bridgehead atoms. The number of carbonyl (C=O) groups excluding carboxylic acids is 2. The molecule has 0 saturated heterocycles. The Morgan fingerprint density at radius 3 is 2.62 bits per heavy atom. The number of fused-ring (bicyclic) bond motifs is 1. The molecule has 0 atom stereocenters. The van der Waals surface area contributed by atoms with Crippen molar-refractivity contribution in [3.8, 4) is 0 Å². The Morgan fingerprint density at radius 2 is 1.85 bits per heavy atom. The maximum Gasteiger partial charge on any atom is 0.316 e. The zero-order valence-electron chi connectivity index (χ0n) is 14.3. The van der Waals surface area contributed by atoms with Gasteiger partial charge in [-0.15, -0.1) is 0 Å². The van der Waals surface area contributed by atoms with Gasteiger partial charge in [0.2, 0.25) is 5.91 Å². The molecule has 1 aromatic heterocycles. The van der Waals surface area contributed by atoms with Crippen molar-refractivity contribution in [3.05, 3.63) is 54.6 Å². The van der Waals surface area contributed by atoms with Gasteiger partial charge in [0.25, 0.3) is 0 Å². The Bertz CT molecular complexity index is 909. The number of para-hydroxylation sites is 3. The van der Waals surface area contributed by atoms with E-state index in [1.165, 1.54) is 11.8 Å². The molecule has 3 rings (SSSR count). The van der Waals surface area contributed by atoms with E-state index in [4.69, 9.17) is 4.74 Å². The third kappa shape index (κ3) is 4.43. The van der Waals surface area contributed by atoms with Crippen molar-refractivity contribution < 1.29 is 14.3 Å². The molecule has 0 spiro atoms. The Labute approximate surface area is 155 Å². The van der Waals surface area contributed by atoms with E-state index in [1.807, 2.05) is 59.2 Å². The first kappa shape index (κ1) is 18.0. The van der Waals surface area contributed by atoms with Crippen molar-refractivity contribution in [1.82, 2.24) is 9.55 Å². The van der Waals surface area contributed by atoms with Gasteiger partial charge < -0.3 is 14.6 Å². The first-order valence-electron chi connectivity index (χ1n) is 8.26. The maximum absolute atomic E-state index is 12.5. The SMILES string of the molecule is CCOC(=O)CSc1nc2ccccc2n1CC(=O)Nc1ccccc1. The van der Waals surface area contributed by atoms with Gasteiger partial charge in [0.15, 0.2) is 5.16 Å². The van der Waals surface area contributed by atoms with Gasteiger partial charge in [-0.1, -0.05) is 42.1 Å². The molecule has 1 heterocycles. The fourth-order valence-electron chi connectivity index (χ4n) is 2.51. The number of nitrogens with zero attached hydrogens (tertiary/aromatic N) is 2. The van der Waals surface area contributed by atoms with Gasteiger partial charge in [-0.3, -0.25) is 9.59 Å². The Kier molecular flexibility index (Phi) is 5.91. The van der Waals surface area contributed by atoms with E-state index in [9.17, 15) is 9.59 Å². The highest BCUT2D eigenvalue weighted by Crippen LogP contribution is 2.24. The van der Waals surface area contributed by atoms with Crippen molar-refractivity contribution in [1.29, 1.82) is 0 Å². The third-order valence-electron chi connectivity index (χ3n) is 3.60. The standard InChI is InChI=1S/C19H19N3O3S/c1-2-25-18(24)13-26-19-21-15-10-6-7-11-16(15)22(19)12-17(23)20-14-8-4-3-5-9-14/h3-11H,2,12-13H2,1H3,(H,20,23). The summed E-state index contributed by atoms with van der Waals surface area (Å²) < 4.78 is 6.78. The summed E-state index contributed by atoms with van der Waals surface area (Å²) in [5.74, 6) is -0.306. The Balaban J connectivity index is 1.79. The summed E-state index contributed by atoms with van der Waals surface area (Å²) in [4.78, 5) is 28.6. The van der Waals surface area contributed by atoms with Gasteiger partial charge in [0.05, 0.1) is 23.4 Å². The minimum Gasteiger partial charge on any atom is -0.465 e. The summed E-state index contributed by atoms with van der Waals surface area (Å²) >= 11 is 1.27. The summed E-state index contributed by atoms with van der Waals surface area (Å²) in [6.45, 7) is 2.22. The Hall–Kier alpha value is -2.80. The molecular formula is C19H19N3O3S. The van der Waals surface area contributed by atoms with Crippen LogP contribution >= 0.6 is 11.8 Å². The number of rotatable bonds is 7. The molecule has 134 valence electrons. The van der Waals surface area contributed by atoms with Crippen LogP contribution in [0.3, 0.4) is 0 Å². The van der Waals surface area contributed by atoms with Crippen LogP contribution in [0.4, 0.5) is 5.69 Å². The number of hydrogen-bond donors (Lipinski definition) is 1. The molecular weight excluding hydrogens is 350 g/mol. The molecule has 26 heavy (non-hydrogen) atoms. The second-order valence-electron chi connectivity index (χ2n) is 5.48. The highest BCUT2D eigenvalue weighted by Gasteiger charge is 2.15. The number of imidazole rings is 1. The van der Waals surface area contributed by atoms with E-state index in [2.05, 4.69) is 10.3 Å². The zero-order chi connectivity index (χ0) is 18.4. The van der Waals surface area contributed by atoms with Crippen molar-refractivity contribution >= 4 is 40.4 Å². The van der Waals surface area contributed by atoms with Crippen LogP contribution in [0.25, 0.3) is 11.0 Å². The lowest BCUT2D eigenvalue weighted by Gasteiger charge is -2.09. The van der Waals surface area contributed by atoms with Gasteiger partial charge >= 0.3 is 5.97 Å². The van der Waals surface area contributed by atoms with E-state index in [1.54, 1.807) is 6.92 Å². The predicted octanol–water partition coefficient (Wildman–Crippen LogP) is 3.33. The van der Waals surface area contributed by atoms with Crippen LogP contribution in [-0.4, -0.2) is 33.8 Å². The first-order valence-corrected chi connectivity index (χ1v) is 9.24. The molecule has 3 aromatic rings. The highest BCUT2D eigenvalue weighted by molar-refractivity contribution is 7.99. The van der Waals surface area contributed by atoms with Gasteiger partial charge in [0, 0.05) is 5.69 Å². The topological polar surface area (TPSA) is 73.2 Å². The number of esters is 1. The summed E-state index contributed by atoms with van der Waals surface area (Å²) in [6, 6.07) is 16.9. The van der Waals surface area contributed by atoms with Crippen LogP contribution in [-0.2, 0) is 20.9 Å². The minimum absolute atomic E-state index is 0.112. The van der Waals surface area contributed by atoms with Gasteiger partial charge in [-0.2, -0.15) is 0 Å². The lowest BCUT2D eigenvalue weighted by atomic mass is 10.3. The Morgan fingerprint density at radius 1 is 1.12 bits per heavy atom. The van der Waals surface area contributed by atoms with Gasteiger partial charge in [-0.25, -0.2) is 4.98 Å². The number of benzene rings is 2. The normalized spacial score (nSPS) is 10.7. The lowest BCUT2D eigenvalue weighted by Crippen LogP contribution is -2.19. The minimum atomic E-state index is -0.301. The van der Waals surface area contributed by atoms with Crippen LogP contribution in [0.5, 0.6) is 0 Å². The average molecular weight is 369 g/mol. The molecule has 7 heteroatoms. The number of carbonyl (C=O) groups is 2. The predicted molar refractivity (Wildman–Crippen MR) is 102 cm³/mol. The van der Waals surface area contributed by atoms with Gasteiger partial charge in [-0.05, 0) is 31.2 Å². The molecule has 0 aliphatic rings. The van der Waals surface area contributed by atoms with Crippen molar-refractivity contribution in [3.63, 3.8) is 0 Å². The second-order valence-corrected chi connectivity index (χ2v) is 6.42. The van der Waals surface area contributed by atoms with E-state index in [0.717, 1.165) is 16.7 Å². The lowest BCUT2D eigenvalue weighted by molar-refractivity contribution is -0.139. The maximum atomic E-state index is 12.5. The smallest absolute Gasteiger partial charge is 0.316 e. The van der Waals surface area contributed by atoms with Crippen LogP contribution < -0.4 is 5.32 Å². The average Bonchev–Trinajstić information content (AvgIpc) is 2.99. The summed E-state index contributed by atoms with van der Waals surface area (Å²) in [7, 11) is 0. The number of ether oxygens (including phenoxy) is 1. The number of anilines is 1. The third-order valence-corrected chi connectivity index (χ3v) is 4.55. The molecule has 0 saturated carbocycles. The van der Waals surface area contributed by atoms with E-state index >= 15 is 0 Å². The summed E-state index contributed by atoms with van der Waals surface area (Å²) in [6.07, 6.45) is 0. The molecule has 0 aliphatic carbocycles. The number of nitrogens with one attached hydrogen (secondary N) is 1. The van der Waals surface area contributed by atoms with Crippen LogP contribution in [0.1, 0.15) is 6.92 Å². The van der Waals surface area contributed by atoms with E-state index in [0.29, 0.717) is 11.8 Å². The number of hydrogen-bond acceptors (Lipinski definition) is 5. The fourth-order valence-corrected chi connectivity index (χ4v) is 3.32. The largest absolute Gasteiger partial charge is 0.465 e. The monoisotopic (exact) mass is 369 g/mol. The first-order chi connectivity index (χ1) is 12.7. The molecule has 0 aliphatic heterocycles. The highest BCUT2D eigenvalue weighted by atomic mass is 32.2. The molecule has 0 unspecified atom stereocenters. The molecule has 2 aromatic carbocycles. The number of thioether (sulfide) groups is 1. The quantitative estimate of drug-likeness (QED) is 0.511. The van der Waals surface area contributed by atoms with Crippen LogP contribution in [0, 0.1) is 0 Å². The van der Waals surface area contributed by atoms with E-state index < -0.39 is 0 Å². The second kappa shape index (κ2) is 8.53. The summed E-state index contributed by atoms with van der Waals surface area (Å²) in [5, 5.41) is 3.48.